The van der Waals surface area contributed by atoms with Gasteiger partial charge in [-0.2, -0.15) is 5.10 Å². The number of nitrogens with zero attached hydrogens (tertiary/aromatic N) is 4. The Labute approximate surface area is 160 Å². The summed E-state index contributed by atoms with van der Waals surface area (Å²) in [4.78, 5) is 27.2. The summed E-state index contributed by atoms with van der Waals surface area (Å²) in [6.07, 6.45) is 1.50. The number of halogens is 2. The van der Waals surface area contributed by atoms with Crippen molar-refractivity contribution < 1.29 is 14.7 Å². The number of piperazine rings is 1. The summed E-state index contributed by atoms with van der Waals surface area (Å²) < 4.78 is 1.35. The smallest absolute Gasteiger partial charge is 0.356 e. The van der Waals surface area contributed by atoms with Gasteiger partial charge in [0.05, 0.1) is 0 Å². The fraction of sp³-hybridized carbons (Fsp3) is 0.353. The van der Waals surface area contributed by atoms with Crippen LogP contribution in [0.1, 0.15) is 16.1 Å². The molecule has 1 fully saturated rings. The van der Waals surface area contributed by atoms with Crippen molar-refractivity contribution in [1.29, 1.82) is 0 Å². The van der Waals surface area contributed by atoms with Gasteiger partial charge in [-0.25, -0.2) is 4.79 Å². The minimum atomic E-state index is -1.11. The number of hydrogen-bond donors (Lipinski definition) is 1. The number of hydrogen-bond acceptors (Lipinski definition) is 4. The summed E-state index contributed by atoms with van der Waals surface area (Å²) in [6, 6.07) is 6.84. The van der Waals surface area contributed by atoms with Gasteiger partial charge in [-0.3, -0.25) is 14.4 Å². The summed E-state index contributed by atoms with van der Waals surface area (Å²) in [6.45, 7) is 3.44. The molecule has 0 aliphatic carbocycles. The second-order valence-electron chi connectivity index (χ2n) is 6.10. The molecular formula is C17H18Cl2N4O3. The number of carbonyl (C=O) groups excluding carboxylic acids is 1. The van der Waals surface area contributed by atoms with Crippen molar-refractivity contribution in [3.8, 4) is 0 Å². The normalized spacial score (nSPS) is 15.2. The lowest BCUT2D eigenvalue weighted by atomic mass is 10.2. The molecule has 7 nitrogen and oxygen atoms in total. The fourth-order valence-electron chi connectivity index (χ4n) is 2.85. The quantitative estimate of drug-likeness (QED) is 0.837. The minimum absolute atomic E-state index is 0.0380. The Kier molecular flexibility index (Phi) is 5.80. The first-order valence-electron chi connectivity index (χ1n) is 8.13. The fourth-order valence-corrected chi connectivity index (χ4v) is 3.32. The zero-order valence-electron chi connectivity index (χ0n) is 13.9. The molecule has 1 amide bonds. The van der Waals surface area contributed by atoms with Crippen LogP contribution >= 0.6 is 23.2 Å². The maximum Gasteiger partial charge on any atom is 0.356 e. The molecule has 0 saturated carbocycles. The molecule has 0 unspecified atom stereocenters. The van der Waals surface area contributed by atoms with Crippen LogP contribution in [0.5, 0.6) is 0 Å². The molecule has 2 heterocycles. The summed E-state index contributed by atoms with van der Waals surface area (Å²) in [7, 11) is 0. The van der Waals surface area contributed by atoms with E-state index in [1.807, 2.05) is 12.1 Å². The van der Waals surface area contributed by atoms with Gasteiger partial charge in [0.25, 0.3) is 0 Å². The number of carboxylic acids is 1. The molecule has 3 rings (SSSR count). The van der Waals surface area contributed by atoms with E-state index in [1.54, 1.807) is 11.0 Å². The van der Waals surface area contributed by atoms with Crippen LogP contribution in [0.25, 0.3) is 0 Å². The second-order valence-corrected chi connectivity index (χ2v) is 6.94. The molecule has 9 heteroatoms. The molecule has 0 spiro atoms. The highest BCUT2D eigenvalue weighted by Crippen LogP contribution is 2.22. The van der Waals surface area contributed by atoms with Crippen molar-refractivity contribution in [3.05, 3.63) is 51.8 Å². The Morgan fingerprint density at radius 1 is 1.12 bits per heavy atom. The van der Waals surface area contributed by atoms with Gasteiger partial charge < -0.3 is 10.0 Å². The lowest BCUT2D eigenvalue weighted by Crippen LogP contribution is -2.49. The number of amides is 1. The summed E-state index contributed by atoms with van der Waals surface area (Å²) in [5.41, 5.74) is 0.941. The third-order valence-corrected chi connectivity index (χ3v) is 4.88. The van der Waals surface area contributed by atoms with E-state index < -0.39 is 5.97 Å². The Hall–Kier alpha value is -2.09. The van der Waals surface area contributed by atoms with Crippen LogP contribution < -0.4 is 0 Å². The maximum atomic E-state index is 12.4. The number of benzene rings is 1. The lowest BCUT2D eigenvalue weighted by molar-refractivity contribution is -0.133. The number of carbonyl (C=O) groups is 2. The first kappa shape index (κ1) is 18.7. The van der Waals surface area contributed by atoms with Gasteiger partial charge >= 0.3 is 5.97 Å². The van der Waals surface area contributed by atoms with E-state index in [0.29, 0.717) is 29.7 Å². The molecule has 0 atom stereocenters. The topological polar surface area (TPSA) is 78.7 Å². The van der Waals surface area contributed by atoms with Gasteiger partial charge in [0.1, 0.15) is 6.54 Å². The van der Waals surface area contributed by atoms with Crippen LogP contribution in [0.2, 0.25) is 10.0 Å². The highest BCUT2D eigenvalue weighted by Gasteiger charge is 2.22. The molecule has 1 aromatic heterocycles. The number of aromatic carboxylic acids is 1. The molecule has 2 aromatic rings. The van der Waals surface area contributed by atoms with E-state index in [4.69, 9.17) is 28.3 Å². The summed E-state index contributed by atoms with van der Waals surface area (Å²) >= 11 is 12.1. The SMILES string of the molecule is O=C(O)c1ccn(CC(=O)N2CCN(Cc3ccc(Cl)cc3Cl)CC2)n1. The van der Waals surface area contributed by atoms with E-state index in [-0.39, 0.29) is 18.1 Å². The van der Waals surface area contributed by atoms with Gasteiger partial charge in [-0.15, -0.1) is 0 Å². The first-order chi connectivity index (χ1) is 12.4. The van der Waals surface area contributed by atoms with Crippen LogP contribution in [0.3, 0.4) is 0 Å². The average molecular weight is 397 g/mol. The highest BCUT2D eigenvalue weighted by atomic mass is 35.5. The monoisotopic (exact) mass is 396 g/mol. The minimum Gasteiger partial charge on any atom is -0.476 e. The summed E-state index contributed by atoms with van der Waals surface area (Å²) in [5.74, 6) is -1.18. The number of aromatic nitrogens is 2. The third kappa shape index (κ3) is 4.55. The van der Waals surface area contributed by atoms with E-state index >= 15 is 0 Å². The Balaban J connectivity index is 1.51. The maximum absolute atomic E-state index is 12.4. The van der Waals surface area contributed by atoms with E-state index in [9.17, 15) is 9.59 Å². The van der Waals surface area contributed by atoms with Crippen molar-refractivity contribution in [3.63, 3.8) is 0 Å². The van der Waals surface area contributed by atoms with Gasteiger partial charge in [-0.05, 0) is 23.8 Å². The summed E-state index contributed by atoms with van der Waals surface area (Å²) in [5, 5.41) is 14.0. The number of carboxylic acid groups (broad SMARTS) is 1. The van der Waals surface area contributed by atoms with Crippen molar-refractivity contribution in [1.82, 2.24) is 19.6 Å². The first-order valence-corrected chi connectivity index (χ1v) is 8.89. The molecule has 1 aliphatic rings. The number of rotatable bonds is 5. The van der Waals surface area contributed by atoms with Crippen LogP contribution in [-0.4, -0.2) is 62.7 Å². The predicted octanol–water partition coefficient (Wildman–Crippen LogP) is 2.23. The third-order valence-electron chi connectivity index (χ3n) is 4.29. The molecule has 26 heavy (non-hydrogen) atoms. The van der Waals surface area contributed by atoms with Gasteiger partial charge in [-0.1, -0.05) is 29.3 Å². The molecule has 1 saturated heterocycles. The Bertz CT molecular complexity index is 816. The molecule has 1 aromatic carbocycles. The van der Waals surface area contributed by atoms with E-state index in [2.05, 4.69) is 10.00 Å². The zero-order chi connectivity index (χ0) is 18.7. The van der Waals surface area contributed by atoms with Crippen molar-refractivity contribution in [2.24, 2.45) is 0 Å². The Morgan fingerprint density at radius 3 is 2.46 bits per heavy atom. The van der Waals surface area contributed by atoms with Gasteiger partial charge in [0.2, 0.25) is 5.91 Å². The predicted molar refractivity (Wildman–Crippen MR) is 97.5 cm³/mol. The van der Waals surface area contributed by atoms with Crippen LogP contribution in [0.4, 0.5) is 0 Å². The van der Waals surface area contributed by atoms with Crippen LogP contribution in [-0.2, 0) is 17.9 Å². The van der Waals surface area contributed by atoms with E-state index in [0.717, 1.165) is 18.7 Å². The van der Waals surface area contributed by atoms with Crippen LogP contribution in [0.15, 0.2) is 30.5 Å². The molecule has 1 aliphatic heterocycles. The van der Waals surface area contributed by atoms with Crippen molar-refractivity contribution in [2.75, 3.05) is 26.2 Å². The lowest BCUT2D eigenvalue weighted by Gasteiger charge is -2.34. The average Bonchev–Trinajstić information content (AvgIpc) is 3.07. The molecule has 1 N–H and O–H groups in total. The van der Waals surface area contributed by atoms with Crippen molar-refractivity contribution >= 4 is 35.1 Å². The van der Waals surface area contributed by atoms with Crippen LogP contribution in [0, 0.1) is 0 Å². The van der Waals surface area contributed by atoms with Gasteiger partial charge in [0, 0.05) is 49.0 Å². The molecule has 0 radical (unpaired) electrons. The molecule has 0 bridgehead atoms. The highest BCUT2D eigenvalue weighted by molar-refractivity contribution is 6.35. The van der Waals surface area contributed by atoms with E-state index in [1.165, 1.54) is 16.9 Å². The zero-order valence-corrected chi connectivity index (χ0v) is 15.4. The van der Waals surface area contributed by atoms with Gasteiger partial charge in [0.15, 0.2) is 5.69 Å². The molecule has 138 valence electrons. The largest absolute Gasteiger partial charge is 0.476 e. The Morgan fingerprint density at radius 2 is 1.85 bits per heavy atom. The molecular weight excluding hydrogens is 379 g/mol. The van der Waals surface area contributed by atoms with Crippen molar-refractivity contribution in [2.45, 2.75) is 13.1 Å². The standard InChI is InChI=1S/C17H18Cl2N4O3/c18-13-2-1-12(14(19)9-13)10-21-5-7-22(8-6-21)16(24)11-23-4-3-15(20-23)17(25)26/h1-4,9H,5-8,10-11H2,(H,25,26). The second kappa shape index (κ2) is 8.07.